The van der Waals surface area contributed by atoms with Crippen molar-refractivity contribution in [3.8, 4) is 0 Å². The maximum absolute atomic E-state index is 3.45. The van der Waals surface area contributed by atoms with Crippen LogP contribution in [0.15, 0.2) is 0 Å². The summed E-state index contributed by atoms with van der Waals surface area (Å²) in [5.41, 5.74) is 0.553. The van der Waals surface area contributed by atoms with Gasteiger partial charge >= 0.3 is 0 Å². The van der Waals surface area contributed by atoms with Crippen molar-refractivity contribution >= 4 is 0 Å². The molecule has 3 nitrogen and oxygen atoms in total. The van der Waals surface area contributed by atoms with E-state index in [0.717, 1.165) is 6.04 Å². The molecule has 2 rings (SSSR count). The highest BCUT2D eigenvalue weighted by Crippen LogP contribution is 2.37. The lowest BCUT2D eigenvalue weighted by Crippen LogP contribution is -2.55. The number of likely N-dealkylation sites (N-methyl/N-ethyl adjacent to an activating group) is 1. The molecule has 0 radical (unpaired) electrons. The van der Waals surface area contributed by atoms with Gasteiger partial charge in [-0.2, -0.15) is 0 Å². The smallest absolute Gasteiger partial charge is 0.0195 e. The second-order valence-corrected chi connectivity index (χ2v) is 6.67. The lowest BCUT2D eigenvalue weighted by Gasteiger charge is -2.46. The van der Waals surface area contributed by atoms with Gasteiger partial charge in [0.25, 0.3) is 0 Å². The lowest BCUT2D eigenvalue weighted by molar-refractivity contribution is 0.0374. The zero-order valence-electron chi connectivity index (χ0n) is 12.5. The summed E-state index contributed by atoms with van der Waals surface area (Å²) in [7, 11) is 4.36. The number of hydrogen-bond donors (Lipinski definition) is 1. The van der Waals surface area contributed by atoms with Gasteiger partial charge in [-0.05, 0) is 39.3 Å². The van der Waals surface area contributed by atoms with Crippen LogP contribution in [0, 0.1) is 5.41 Å². The third-order valence-electron chi connectivity index (χ3n) is 4.97. The summed E-state index contributed by atoms with van der Waals surface area (Å²) in [6.45, 7) is 8.62. The molecule has 1 heterocycles. The van der Waals surface area contributed by atoms with Crippen LogP contribution in [-0.2, 0) is 0 Å². The molecule has 106 valence electrons. The molecule has 2 aliphatic rings. The zero-order chi connectivity index (χ0) is 13.0. The van der Waals surface area contributed by atoms with Gasteiger partial charge in [0, 0.05) is 38.8 Å². The molecule has 1 aliphatic heterocycles. The molecule has 1 atom stereocenters. The minimum Gasteiger partial charge on any atom is -0.319 e. The molecule has 0 aromatic carbocycles. The van der Waals surface area contributed by atoms with Crippen LogP contribution in [-0.4, -0.2) is 62.7 Å². The van der Waals surface area contributed by atoms with E-state index >= 15 is 0 Å². The topological polar surface area (TPSA) is 18.5 Å². The Bertz CT molecular complexity index is 243. The van der Waals surface area contributed by atoms with E-state index in [1.165, 1.54) is 64.8 Å². The van der Waals surface area contributed by atoms with Crippen LogP contribution in [0.3, 0.4) is 0 Å². The summed E-state index contributed by atoms with van der Waals surface area (Å²) >= 11 is 0. The Hall–Kier alpha value is -0.120. The molecular weight excluding hydrogens is 222 g/mol. The Morgan fingerprint density at radius 1 is 1.17 bits per heavy atom. The Labute approximate surface area is 113 Å². The molecule has 0 aromatic heterocycles. The molecular formula is C15H31N3. The van der Waals surface area contributed by atoms with Crippen molar-refractivity contribution in [3.05, 3.63) is 0 Å². The maximum Gasteiger partial charge on any atom is 0.0195 e. The van der Waals surface area contributed by atoms with Crippen LogP contribution >= 0.6 is 0 Å². The van der Waals surface area contributed by atoms with Crippen molar-refractivity contribution in [2.75, 3.05) is 46.8 Å². The molecule has 1 unspecified atom stereocenters. The van der Waals surface area contributed by atoms with E-state index in [9.17, 15) is 0 Å². The van der Waals surface area contributed by atoms with E-state index in [2.05, 4.69) is 36.1 Å². The van der Waals surface area contributed by atoms with E-state index in [1.807, 2.05) is 0 Å². The van der Waals surface area contributed by atoms with E-state index < -0.39 is 0 Å². The lowest BCUT2D eigenvalue weighted by atomic mass is 9.73. The van der Waals surface area contributed by atoms with Crippen LogP contribution in [0.1, 0.15) is 39.0 Å². The molecule has 0 aromatic rings. The highest BCUT2D eigenvalue weighted by Gasteiger charge is 2.35. The third-order valence-corrected chi connectivity index (χ3v) is 4.97. The maximum atomic E-state index is 3.45. The highest BCUT2D eigenvalue weighted by molar-refractivity contribution is 4.90. The molecule has 0 bridgehead atoms. The van der Waals surface area contributed by atoms with E-state index in [4.69, 9.17) is 0 Å². The van der Waals surface area contributed by atoms with Crippen molar-refractivity contribution in [1.29, 1.82) is 0 Å². The van der Waals surface area contributed by atoms with E-state index in [0.29, 0.717) is 5.41 Å². The number of rotatable bonds is 4. The monoisotopic (exact) mass is 253 g/mol. The van der Waals surface area contributed by atoms with Gasteiger partial charge in [-0.3, -0.25) is 4.90 Å². The quantitative estimate of drug-likeness (QED) is 0.824. The minimum atomic E-state index is 0.553. The first kappa shape index (κ1) is 14.3. The number of nitrogens with zero attached hydrogens (tertiary/aromatic N) is 2. The molecule has 1 saturated carbocycles. The van der Waals surface area contributed by atoms with Gasteiger partial charge in [0.2, 0.25) is 0 Å². The number of piperazine rings is 1. The normalized spacial score (nSPS) is 30.5. The third kappa shape index (κ3) is 3.46. The second kappa shape index (κ2) is 6.36. The average molecular weight is 253 g/mol. The van der Waals surface area contributed by atoms with E-state index in [-0.39, 0.29) is 0 Å². The molecule has 1 N–H and O–H groups in total. The largest absolute Gasteiger partial charge is 0.319 e. The van der Waals surface area contributed by atoms with Gasteiger partial charge in [-0.25, -0.2) is 0 Å². The minimum absolute atomic E-state index is 0.553. The van der Waals surface area contributed by atoms with Crippen LogP contribution in [0.2, 0.25) is 0 Å². The van der Waals surface area contributed by atoms with Crippen molar-refractivity contribution in [2.24, 2.45) is 5.41 Å². The molecule has 1 saturated heterocycles. The summed E-state index contributed by atoms with van der Waals surface area (Å²) in [5.74, 6) is 0. The van der Waals surface area contributed by atoms with Gasteiger partial charge in [0.05, 0.1) is 0 Å². The van der Waals surface area contributed by atoms with E-state index in [1.54, 1.807) is 0 Å². The highest BCUT2D eigenvalue weighted by atomic mass is 15.3. The first-order chi connectivity index (χ1) is 8.65. The van der Waals surface area contributed by atoms with Crippen LogP contribution in [0.4, 0.5) is 0 Å². The molecule has 1 aliphatic carbocycles. The van der Waals surface area contributed by atoms with Crippen LogP contribution in [0.5, 0.6) is 0 Å². The first-order valence-corrected chi connectivity index (χ1v) is 7.72. The summed E-state index contributed by atoms with van der Waals surface area (Å²) < 4.78 is 0. The van der Waals surface area contributed by atoms with Gasteiger partial charge in [0.1, 0.15) is 0 Å². The standard InChI is InChI=1S/C15H31N3/c1-14-11-17(3)9-10-18(14)13-15(12-16-2)7-5-4-6-8-15/h14,16H,4-13H2,1-3H3. The molecule has 18 heavy (non-hydrogen) atoms. The van der Waals surface area contributed by atoms with Crippen molar-refractivity contribution in [3.63, 3.8) is 0 Å². The fourth-order valence-electron chi connectivity index (χ4n) is 3.91. The molecule has 3 heteroatoms. The van der Waals surface area contributed by atoms with Crippen LogP contribution in [0.25, 0.3) is 0 Å². The molecule has 0 amide bonds. The molecule has 2 fully saturated rings. The average Bonchev–Trinajstić information content (AvgIpc) is 2.34. The van der Waals surface area contributed by atoms with Gasteiger partial charge in [0.15, 0.2) is 0 Å². The summed E-state index contributed by atoms with van der Waals surface area (Å²) in [5, 5.41) is 3.45. The Kier molecular flexibility index (Phi) is 5.05. The summed E-state index contributed by atoms with van der Waals surface area (Å²) in [4.78, 5) is 5.20. The van der Waals surface area contributed by atoms with Crippen molar-refractivity contribution in [1.82, 2.24) is 15.1 Å². The number of hydrogen-bond acceptors (Lipinski definition) is 3. The Morgan fingerprint density at radius 2 is 1.89 bits per heavy atom. The van der Waals surface area contributed by atoms with Gasteiger partial charge in [-0.15, -0.1) is 0 Å². The van der Waals surface area contributed by atoms with Gasteiger partial charge in [-0.1, -0.05) is 19.3 Å². The van der Waals surface area contributed by atoms with Gasteiger partial charge < -0.3 is 10.2 Å². The zero-order valence-corrected chi connectivity index (χ0v) is 12.5. The van der Waals surface area contributed by atoms with Crippen molar-refractivity contribution in [2.45, 2.75) is 45.1 Å². The van der Waals surface area contributed by atoms with Crippen LogP contribution < -0.4 is 5.32 Å². The Morgan fingerprint density at radius 3 is 2.50 bits per heavy atom. The predicted molar refractivity (Wildman–Crippen MR) is 78.0 cm³/mol. The van der Waals surface area contributed by atoms with Crippen molar-refractivity contribution < 1.29 is 0 Å². The summed E-state index contributed by atoms with van der Waals surface area (Å²) in [6, 6.07) is 0.722. The fraction of sp³-hybridized carbons (Fsp3) is 1.00. The Balaban J connectivity index is 1.95. The molecule has 0 spiro atoms. The fourth-order valence-corrected chi connectivity index (χ4v) is 3.91. The first-order valence-electron chi connectivity index (χ1n) is 7.72. The number of nitrogens with one attached hydrogen (secondary N) is 1. The predicted octanol–water partition coefficient (Wildman–Crippen LogP) is 1.79. The summed E-state index contributed by atoms with van der Waals surface area (Å²) in [6.07, 6.45) is 7.16. The second-order valence-electron chi connectivity index (χ2n) is 6.67. The SMILES string of the molecule is CNCC1(CN2CCN(C)CC2C)CCCCC1.